The Hall–Kier alpha value is -2.33. The summed E-state index contributed by atoms with van der Waals surface area (Å²) in [5.41, 5.74) is 1.86. The molecule has 0 unspecified atom stereocenters. The quantitative estimate of drug-likeness (QED) is 0.854. The van der Waals surface area contributed by atoms with Gasteiger partial charge in [-0.05, 0) is 36.9 Å². The van der Waals surface area contributed by atoms with Gasteiger partial charge in [-0.15, -0.1) is 0 Å². The molecule has 1 amide bonds. The van der Waals surface area contributed by atoms with Crippen molar-refractivity contribution in [3.8, 4) is 5.75 Å². The minimum Gasteiger partial charge on any atom is -0.492 e. The van der Waals surface area contributed by atoms with Gasteiger partial charge in [0.25, 0.3) is 5.91 Å². The second-order valence-corrected chi connectivity index (χ2v) is 5.18. The fourth-order valence-electron chi connectivity index (χ4n) is 2.13. The zero-order chi connectivity index (χ0) is 15.8. The SMILES string of the molecule is CNC(=O)c1ccc(CN(C)CCOc2ccccc2)cc1. The van der Waals surface area contributed by atoms with Crippen LogP contribution in [0.2, 0.25) is 0 Å². The van der Waals surface area contributed by atoms with E-state index >= 15 is 0 Å². The number of nitrogens with zero attached hydrogens (tertiary/aromatic N) is 1. The molecule has 0 spiro atoms. The highest BCUT2D eigenvalue weighted by atomic mass is 16.5. The van der Waals surface area contributed by atoms with E-state index in [0.717, 1.165) is 18.8 Å². The number of carbonyl (C=O) groups excluding carboxylic acids is 1. The van der Waals surface area contributed by atoms with Crippen LogP contribution in [0.15, 0.2) is 54.6 Å². The fraction of sp³-hybridized carbons (Fsp3) is 0.278. The zero-order valence-electron chi connectivity index (χ0n) is 13.1. The lowest BCUT2D eigenvalue weighted by atomic mass is 10.1. The first-order valence-corrected chi connectivity index (χ1v) is 7.36. The normalized spacial score (nSPS) is 10.5. The van der Waals surface area contributed by atoms with E-state index in [0.29, 0.717) is 12.2 Å². The molecule has 4 heteroatoms. The highest BCUT2D eigenvalue weighted by molar-refractivity contribution is 5.93. The molecule has 2 aromatic carbocycles. The number of likely N-dealkylation sites (N-methyl/N-ethyl adjacent to an activating group) is 1. The number of nitrogens with one attached hydrogen (secondary N) is 1. The maximum Gasteiger partial charge on any atom is 0.251 e. The van der Waals surface area contributed by atoms with Crippen molar-refractivity contribution in [3.05, 3.63) is 65.7 Å². The smallest absolute Gasteiger partial charge is 0.251 e. The molecule has 0 saturated carbocycles. The predicted molar refractivity (Wildman–Crippen MR) is 88.1 cm³/mol. The summed E-state index contributed by atoms with van der Waals surface area (Å²) in [5.74, 6) is 0.835. The van der Waals surface area contributed by atoms with E-state index in [1.165, 1.54) is 5.56 Å². The van der Waals surface area contributed by atoms with Crippen molar-refractivity contribution >= 4 is 5.91 Å². The van der Waals surface area contributed by atoms with Crippen molar-refractivity contribution in [1.82, 2.24) is 10.2 Å². The van der Waals surface area contributed by atoms with Gasteiger partial charge in [-0.3, -0.25) is 9.69 Å². The maximum atomic E-state index is 11.5. The summed E-state index contributed by atoms with van der Waals surface area (Å²) < 4.78 is 5.68. The molecular formula is C18H22N2O2. The Balaban J connectivity index is 1.77. The van der Waals surface area contributed by atoms with Crippen molar-refractivity contribution in [2.75, 3.05) is 27.2 Å². The zero-order valence-corrected chi connectivity index (χ0v) is 13.1. The van der Waals surface area contributed by atoms with Crippen LogP contribution in [0.1, 0.15) is 15.9 Å². The third kappa shape index (κ3) is 4.90. The van der Waals surface area contributed by atoms with Gasteiger partial charge in [-0.1, -0.05) is 30.3 Å². The van der Waals surface area contributed by atoms with Crippen LogP contribution in [-0.2, 0) is 6.54 Å². The molecule has 0 heterocycles. The number of rotatable bonds is 7. The van der Waals surface area contributed by atoms with E-state index in [1.54, 1.807) is 7.05 Å². The van der Waals surface area contributed by atoms with Gasteiger partial charge in [-0.25, -0.2) is 0 Å². The first-order chi connectivity index (χ1) is 10.7. The van der Waals surface area contributed by atoms with Gasteiger partial charge in [0.1, 0.15) is 12.4 Å². The average molecular weight is 298 g/mol. The lowest BCUT2D eigenvalue weighted by Crippen LogP contribution is -2.24. The fourth-order valence-corrected chi connectivity index (χ4v) is 2.13. The monoisotopic (exact) mass is 298 g/mol. The van der Waals surface area contributed by atoms with Gasteiger partial charge in [-0.2, -0.15) is 0 Å². The summed E-state index contributed by atoms with van der Waals surface area (Å²) in [6.07, 6.45) is 0. The van der Waals surface area contributed by atoms with Crippen molar-refractivity contribution in [2.24, 2.45) is 0 Å². The van der Waals surface area contributed by atoms with Crippen LogP contribution >= 0.6 is 0 Å². The Morgan fingerprint density at radius 2 is 1.77 bits per heavy atom. The highest BCUT2D eigenvalue weighted by Gasteiger charge is 2.04. The minimum absolute atomic E-state index is 0.0591. The van der Waals surface area contributed by atoms with Gasteiger partial charge in [0.2, 0.25) is 0 Å². The molecule has 0 aliphatic rings. The third-order valence-electron chi connectivity index (χ3n) is 3.38. The van der Waals surface area contributed by atoms with Crippen molar-refractivity contribution in [1.29, 1.82) is 0 Å². The van der Waals surface area contributed by atoms with E-state index in [2.05, 4.69) is 17.3 Å². The van der Waals surface area contributed by atoms with Gasteiger partial charge >= 0.3 is 0 Å². The molecule has 4 nitrogen and oxygen atoms in total. The number of hydrogen-bond acceptors (Lipinski definition) is 3. The standard InChI is InChI=1S/C18H22N2O2/c1-19-18(21)16-10-8-15(9-11-16)14-20(2)12-13-22-17-6-4-3-5-7-17/h3-11H,12-14H2,1-2H3,(H,19,21). The summed E-state index contributed by atoms with van der Waals surface area (Å²) in [6, 6.07) is 17.5. The molecule has 0 bridgehead atoms. The van der Waals surface area contributed by atoms with E-state index in [-0.39, 0.29) is 5.91 Å². The number of ether oxygens (including phenoxy) is 1. The van der Waals surface area contributed by atoms with Gasteiger partial charge in [0.15, 0.2) is 0 Å². The molecule has 116 valence electrons. The molecule has 22 heavy (non-hydrogen) atoms. The highest BCUT2D eigenvalue weighted by Crippen LogP contribution is 2.09. The Morgan fingerprint density at radius 3 is 2.41 bits per heavy atom. The topological polar surface area (TPSA) is 41.6 Å². The van der Waals surface area contributed by atoms with Crippen LogP contribution in [0.4, 0.5) is 0 Å². The molecule has 0 atom stereocenters. The lowest BCUT2D eigenvalue weighted by Gasteiger charge is -2.17. The molecule has 0 aliphatic heterocycles. The Bertz CT molecular complexity index is 582. The van der Waals surface area contributed by atoms with Crippen LogP contribution in [0.25, 0.3) is 0 Å². The molecule has 0 aromatic heterocycles. The van der Waals surface area contributed by atoms with E-state index in [4.69, 9.17) is 4.74 Å². The van der Waals surface area contributed by atoms with E-state index in [1.807, 2.05) is 54.6 Å². The summed E-state index contributed by atoms with van der Waals surface area (Å²) in [4.78, 5) is 13.7. The number of para-hydroxylation sites is 1. The van der Waals surface area contributed by atoms with Crippen molar-refractivity contribution in [2.45, 2.75) is 6.54 Å². The number of benzene rings is 2. The molecule has 0 saturated heterocycles. The number of hydrogen-bond donors (Lipinski definition) is 1. The average Bonchev–Trinajstić information content (AvgIpc) is 2.56. The van der Waals surface area contributed by atoms with Gasteiger partial charge in [0.05, 0.1) is 0 Å². The molecule has 0 aliphatic carbocycles. The maximum absolute atomic E-state index is 11.5. The van der Waals surface area contributed by atoms with Gasteiger partial charge < -0.3 is 10.1 Å². The predicted octanol–water partition coefficient (Wildman–Crippen LogP) is 2.56. The van der Waals surface area contributed by atoms with Gasteiger partial charge in [0, 0.05) is 25.7 Å². The molecule has 2 rings (SSSR count). The van der Waals surface area contributed by atoms with E-state index in [9.17, 15) is 4.79 Å². The largest absolute Gasteiger partial charge is 0.492 e. The molecule has 0 radical (unpaired) electrons. The third-order valence-corrected chi connectivity index (χ3v) is 3.38. The van der Waals surface area contributed by atoms with Crippen LogP contribution in [0, 0.1) is 0 Å². The molecule has 1 N–H and O–H groups in total. The summed E-state index contributed by atoms with van der Waals surface area (Å²) >= 11 is 0. The summed E-state index contributed by atoms with van der Waals surface area (Å²) in [6.45, 7) is 2.31. The summed E-state index contributed by atoms with van der Waals surface area (Å²) in [5, 5.41) is 2.62. The number of carbonyl (C=O) groups is 1. The minimum atomic E-state index is -0.0591. The second kappa shape index (κ2) is 8.20. The second-order valence-electron chi connectivity index (χ2n) is 5.18. The first-order valence-electron chi connectivity index (χ1n) is 7.36. The van der Waals surface area contributed by atoms with Crippen LogP contribution in [0.5, 0.6) is 5.75 Å². The molecule has 0 fully saturated rings. The molecule has 2 aromatic rings. The molecular weight excluding hydrogens is 276 g/mol. The van der Waals surface area contributed by atoms with Crippen LogP contribution in [-0.4, -0.2) is 38.1 Å². The van der Waals surface area contributed by atoms with Crippen molar-refractivity contribution in [3.63, 3.8) is 0 Å². The lowest BCUT2D eigenvalue weighted by molar-refractivity contribution is 0.0963. The van der Waals surface area contributed by atoms with Crippen LogP contribution < -0.4 is 10.1 Å². The Kier molecular flexibility index (Phi) is 5.98. The Labute approximate surface area is 131 Å². The van der Waals surface area contributed by atoms with Crippen molar-refractivity contribution < 1.29 is 9.53 Å². The Morgan fingerprint density at radius 1 is 1.09 bits per heavy atom. The summed E-state index contributed by atoms with van der Waals surface area (Å²) in [7, 11) is 3.69. The number of amides is 1. The van der Waals surface area contributed by atoms with Crippen LogP contribution in [0.3, 0.4) is 0 Å². The first kappa shape index (κ1) is 16.0. The van der Waals surface area contributed by atoms with E-state index < -0.39 is 0 Å².